The molecular weight excluding hydrogens is 493 g/mol. The van der Waals surface area contributed by atoms with E-state index in [9.17, 15) is 5.11 Å². The van der Waals surface area contributed by atoms with Crippen LogP contribution in [-0.2, 0) is 0 Å². The molecule has 2 bridgehead atoms. The number of benzene rings is 2. The van der Waals surface area contributed by atoms with Crippen molar-refractivity contribution in [2.45, 2.75) is 38.6 Å². The van der Waals surface area contributed by atoms with Crippen molar-refractivity contribution in [3.63, 3.8) is 0 Å². The summed E-state index contributed by atoms with van der Waals surface area (Å²) in [6.45, 7) is 5.57. The first-order valence-electron chi connectivity index (χ1n) is 14.1. The molecule has 3 aliphatic rings. The highest BCUT2D eigenvalue weighted by Gasteiger charge is 2.35. The van der Waals surface area contributed by atoms with Gasteiger partial charge in [-0.3, -0.25) is 9.88 Å². The van der Waals surface area contributed by atoms with Crippen LogP contribution in [0.5, 0.6) is 11.8 Å². The van der Waals surface area contributed by atoms with Crippen molar-refractivity contribution in [3.8, 4) is 23.0 Å². The predicted molar refractivity (Wildman–Crippen MR) is 151 cm³/mol. The van der Waals surface area contributed by atoms with Gasteiger partial charge in [0.1, 0.15) is 29.4 Å². The fourth-order valence-corrected chi connectivity index (χ4v) is 7.11. The first-order chi connectivity index (χ1) is 18.9. The lowest BCUT2D eigenvalue weighted by molar-refractivity contribution is 0.188. The summed E-state index contributed by atoms with van der Waals surface area (Å²) in [5.74, 6) is 2.14. The molecule has 8 heteroatoms. The van der Waals surface area contributed by atoms with Gasteiger partial charge in [-0.25, -0.2) is 4.39 Å². The minimum atomic E-state index is -0.525. The number of pyridine rings is 1. The largest absolute Gasteiger partial charge is 0.508 e. The highest BCUT2D eigenvalue weighted by atomic mass is 19.1. The van der Waals surface area contributed by atoms with E-state index in [1.165, 1.54) is 19.3 Å². The number of halogens is 1. The van der Waals surface area contributed by atoms with E-state index in [4.69, 9.17) is 9.72 Å². The summed E-state index contributed by atoms with van der Waals surface area (Å²) in [6.07, 6.45) is 6.48. The SMILES string of the molecule is C[C@@H]1C[C@@H](COc2nc(N3CC4CCC(C4)C3)c3cnc(-c4cc(O)cc5ccccc45)c(F)c3n2)N(C)C1. The van der Waals surface area contributed by atoms with Gasteiger partial charge in [0.25, 0.3) is 0 Å². The predicted octanol–water partition coefficient (Wildman–Crippen LogP) is 5.65. The fraction of sp³-hybridized carbons (Fsp3) is 0.452. The zero-order valence-corrected chi connectivity index (χ0v) is 22.5. The topological polar surface area (TPSA) is 74.6 Å². The maximum Gasteiger partial charge on any atom is 0.319 e. The molecule has 2 unspecified atom stereocenters. The second kappa shape index (κ2) is 9.59. The van der Waals surface area contributed by atoms with E-state index in [-0.39, 0.29) is 29.0 Å². The van der Waals surface area contributed by atoms with Crippen LogP contribution in [0.25, 0.3) is 32.9 Å². The molecule has 1 saturated carbocycles. The Morgan fingerprint density at radius 2 is 1.82 bits per heavy atom. The Balaban J connectivity index is 1.34. The van der Waals surface area contributed by atoms with Crippen LogP contribution in [-0.4, -0.2) is 64.3 Å². The van der Waals surface area contributed by atoms with Gasteiger partial charge < -0.3 is 14.7 Å². The summed E-state index contributed by atoms with van der Waals surface area (Å²) in [4.78, 5) is 18.7. The fourth-order valence-electron chi connectivity index (χ4n) is 7.11. The number of aromatic hydroxyl groups is 1. The highest BCUT2D eigenvalue weighted by molar-refractivity contribution is 5.99. The van der Waals surface area contributed by atoms with Crippen LogP contribution in [0.2, 0.25) is 0 Å². The van der Waals surface area contributed by atoms with Gasteiger partial charge in [-0.05, 0) is 73.4 Å². The van der Waals surface area contributed by atoms with Crippen molar-refractivity contribution in [2.24, 2.45) is 17.8 Å². The maximum absolute atomic E-state index is 16.4. The Kier molecular flexibility index (Phi) is 6.03. The van der Waals surface area contributed by atoms with E-state index in [2.05, 4.69) is 33.7 Å². The molecule has 3 fully saturated rings. The van der Waals surface area contributed by atoms with Gasteiger partial charge in [0.15, 0.2) is 5.82 Å². The molecule has 4 aromatic rings. The Labute approximate surface area is 227 Å². The number of hydrogen-bond donors (Lipinski definition) is 1. The summed E-state index contributed by atoms with van der Waals surface area (Å²) < 4.78 is 22.6. The lowest BCUT2D eigenvalue weighted by Crippen LogP contribution is -2.37. The summed E-state index contributed by atoms with van der Waals surface area (Å²) in [5.41, 5.74) is 0.900. The Hall–Kier alpha value is -3.52. The zero-order chi connectivity index (χ0) is 26.7. The lowest BCUT2D eigenvalue weighted by Gasteiger charge is -2.33. The van der Waals surface area contributed by atoms with Gasteiger partial charge in [0.05, 0.1) is 5.39 Å². The number of nitrogens with zero attached hydrogens (tertiary/aromatic N) is 5. The Morgan fingerprint density at radius 1 is 1.03 bits per heavy atom. The molecule has 7 rings (SSSR count). The van der Waals surface area contributed by atoms with Crippen LogP contribution < -0.4 is 9.64 Å². The van der Waals surface area contributed by atoms with Crippen LogP contribution >= 0.6 is 0 Å². The Morgan fingerprint density at radius 3 is 2.59 bits per heavy atom. The van der Waals surface area contributed by atoms with E-state index in [0.29, 0.717) is 41.1 Å². The van der Waals surface area contributed by atoms with E-state index >= 15 is 4.39 Å². The summed E-state index contributed by atoms with van der Waals surface area (Å²) in [6, 6.07) is 11.3. The number of ether oxygens (including phenoxy) is 1. The standard InChI is InChI=1S/C31H34FN5O2/c1-18-9-22(36(2)14-18)17-39-31-34-29-26(30(35-31)37-15-19-7-8-20(10-19)16-37)13-33-28(27(29)32)25-12-23(38)11-21-5-3-4-6-24(21)25/h3-6,11-13,18-20,22,38H,7-10,14-17H2,1-2H3/t18-,19?,20?,22+/m1/s1. The van der Waals surface area contributed by atoms with Crippen LogP contribution in [0.3, 0.4) is 0 Å². The highest BCUT2D eigenvalue weighted by Crippen LogP contribution is 2.41. The number of fused-ring (bicyclic) bond motifs is 4. The average molecular weight is 528 g/mol. The third kappa shape index (κ3) is 4.44. The molecule has 1 N–H and O–H groups in total. The number of aromatic nitrogens is 3. The van der Waals surface area contributed by atoms with Crippen LogP contribution in [0.15, 0.2) is 42.6 Å². The second-order valence-electron chi connectivity index (χ2n) is 11.9. The number of anilines is 1. The summed E-state index contributed by atoms with van der Waals surface area (Å²) in [7, 11) is 2.12. The number of phenols is 1. The molecule has 0 radical (unpaired) electrons. The second-order valence-corrected chi connectivity index (χ2v) is 11.9. The van der Waals surface area contributed by atoms with Gasteiger partial charge in [-0.2, -0.15) is 9.97 Å². The van der Waals surface area contributed by atoms with Gasteiger partial charge in [-0.1, -0.05) is 31.2 Å². The average Bonchev–Trinajstić information content (AvgIpc) is 3.44. The van der Waals surface area contributed by atoms with Crippen molar-refractivity contribution in [2.75, 3.05) is 38.2 Å². The third-order valence-corrected chi connectivity index (χ3v) is 8.95. The zero-order valence-electron chi connectivity index (χ0n) is 22.5. The number of piperidine rings is 1. The minimum Gasteiger partial charge on any atom is -0.508 e. The molecule has 7 nitrogen and oxygen atoms in total. The van der Waals surface area contributed by atoms with E-state index in [1.54, 1.807) is 18.3 Å². The Bertz CT molecular complexity index is 1550. The number of likely N-dealkylation sites (N-methyl/N-ethyl adjacent to an activating group) is 1. The quantitative estimate of drug-likeness (QED) is 0.360. The van der Waals surface area contributed by atoms with Crippen molar-refractivity contribution in [3.05, 3.63) is 48.4 Å². The first kappa shape index (κ1) is 24.5. The molecule has 0 spiro atoms. The summed E-state index contributed by atoms with van der Waals surface area (Å²) in [5, 5.41) is 12.6. The first-order valence-corrected chi connectivity index (χ1v) is 14.1. The van der Waals surface area contributed by atoms with Gasteiger partial charge in [-0.15, -0.1) is 0 Å². The molecule has 4 atom stereocenters. The molecule has 202 valence electrons. The smallest absolute Gasteiger partial charge is 0.319 e. The van der Waals surface area contributed by atoms with E-state index in [1.807, 2.05) is 24.3 Å². The molecule has 4 heterocycles. The normalized spacial score (nSPS) is 25.2. The number of phenolic OH excluding ortho intramolecular Hbond substituents is 1. The van der Waals surface area contributed by atoms with E-state index in [0.717, 1.165) is 36.8 Å². The molecule has 2 aromatic carbocycles. The van der Waals surface area contributed by atoms with Crippen molar-refractivity contribution >= 4 is 27.5 Å². The number of likely N-dealkylation sites (tertiary alicyclic amines) is 1. The van der Waals surface area contributed by atoms with E-state index < -0.39 is 5.82 Å². The van der Waals surface area contributed by atoms with Gasteiger partial charge >= 0.3 is 6.01 Å². The van der Waals surface area contributed by atoms with Crippen molar-refractivity contribution in [1.29, 1.82) is 0 Å². The van der Waals surface area contributed by atoms with Crippen LogP contribution in [0.1, 0.15) is 32.6 Å². The molecule has 1 aliphatic carbocycles. The summed E-state index contributed by atoms with van der Waals surface area (Å²) >= 11 is 0. The molecule has 2 saturated heterocycles. The van der Waals surface area contributed by atoms with Crippen molar-refractivity contribution < 1.29 is 14.2 Å². The number of rotatable bonds is 5. The third-order valence-electron chi connectivity index (χ3n) is 8.95. The van der Waals surface area contributed by atoms with Gasteiger partial charge in [0.2, 0.25) is 0 Å². The van der Waals surface area contributed by atoms with Crippen LogP contribution in [0.4, 0.5) is 10.2 Å². The monoisotopic (exact) mass is 527 g/mol. The maximum atomic E-state index is 16.4. The lowest BCUT2D eigenvalue weighted by atomic mass is 9.98. The molecular formula is C31H34FN5O2. The van der Waals surface area contributed by atoms with Gasteiger partial charge in [0, 0.05) is 37.4 Å². The molecule has 39 heavy (non-hydrogen) atoms. The van der Waals surface area contributed by atoms with Crippen LogP contribution in [0, 0.1) is 23.6 Å². The molecule has 0 amide bonds. The molecule has 2 aromatic heterocycles. The molecule has 2 aliphatic heterocycles. The minimum absolute atomic E-state index is 0.0658. The van der Waals surface area contributed by atoms with Crippen molar-refractivity contribution in [1.82, 2.24) is 19.9 Å². The number of hydrogen-bond acceptors (Lipinski definition) is 7.